The Bertz CT molecular complexity index is 441. The molecular weight excluding hydrogens is 208 g/mol. The normalized spacial score (nSPS) is 17.0. The van der Waals surface area contributed by atoms with Crippen molar-refractivity contribution in [3.63, 3.8) is 0 Å². The summed E-state index contributed by atoms with van der Waals surface area (Å²) in [7, 11) is 0. The summed E-state index contributed by atoms with van der Waals surface area (Å²) >= 11 is 0. The van der Waals surface area contributed by atoms with Gasteiger partial charge in [0.25, 0.3) is 0 Å². The topological polar surface area (TPSA) is 17.1 Å². The highest BCUT2D eigenvalue weighted by atomic mass is 16.1. The van der Waals surface area contributed by atoms with Gasteiger partial charge in [0.05, 0.1) is 0 Å². The Morgan fingerprint density at radius 2 is 1.59 bits per heavy atom. The van der Waals surface area contributed by atoms with Crippen molar-refractivity contribution in [3.8, 4) is 0 Å². The minimum Gasteiger partial charge on any atom is -0.294 e. The number of rotatable bonds is 3. The van der Waals surface area contributed by atoms with Gasteiger partial charge >= 0.3 is 0 Å². The molecule has 1 aromatic rings. The third-order valence-corrected chi connectivity index (χ3v) is 4.36. The lowest BCUT2D eigenvalue weighted by Gasteiger charge is -2.17. The van der Waals surface area contributed by atoms with Gasteiger partial charge < -0.3 is 0 Å². The summed E-state index contributed by atoms with van der Waals surface area (Å²) in [6.07, 6.45) is 2.46. The minimum atomic E-state index is 0.202. The minimum absolute atomic E-state index is 0.202. The molecule has 0 aliphatic heterocycles. The zero-order valence-electron chi connectivity index (χ0n) is 11.6. The van der Waals surface area contributed by atoms with Gasteiger partial charge in [-0.2, -0.15) is 0 Å². The summed E-state index contributed by atoms with van der Waals surface area (Å²) in [5, 5.41) is 0. The van der Waals surface area contributed by atoms with Crippen LogP contribution in [0.25, 0.3) is 0 Å². The Hall–Kier alpha value is -1.11. The number of carbonyl (C=O) groups excluding carboxylic acids is 1. The summed E-state index contributed by atoms with van der Waals surface area (Å²) in [6, 6.07) is 2.18. The number of carbonyl (C=O) groups is 1. The highest BCUT2D eigenvalue weighted by Crippen LogP contribution is 2.39. The fourth-order valence-corrected chi connectivity index (χ4v) is 2.62. The maximum absolute atomic E-state index is 12.6. The maximum Gasteiger partial charge on any atom is 0.166 e. The van der Waals surface area contributed by atoms with Gasteiger partial charge in [-0.15, -0.1) is 0 Å². The zero-order chi connectivity index (χ0) is 12.7. The number of benzene rings is 1. The molecule has 1 aliphatic rings. The van der Waals surface area contributed by atoms with Crippen molar-refractivity contribution in [2.45, 2.75) is 47.5 Å². The Labute approximate surface area is 104 Å². The van der Waals surface area contributed by atoms with Crippen molar-refractivity contribution >= 4 is 5.78 Å². The molecule has 1 saturated carbocycles. The van der Waals surface area contributed by atoms with E-state index < -0.39 is 0 Å². The lowest BCUT2D eigenvalue weighted by molar-refractivity contribution is 0.0915. The molecule has 0 amide bonds. The predicted octanol–water partition coefficient (Wildman–Crippen LogP) is 4.15. The lowest BCUT2D eigenvalue weighted by atomic mass is 9.86. The molecule has 17 heavy (non-hydrogen) atoms. The molecule has 1 aliphatic carbocycles. The quantitative estimate of drug-likeness (QED) is 0.713. The van der Waals surface area contributed by atoms with E-state index in [0.717, 1.165) is 5.56 Å². The molecule has 0 saturated heterocycles. The number of ketones is 1. The summed E-state index contributed by atoms with van der Waals surface area (Å²) in [5.41, 5.74) is 5.80. The molecule has 1 atom stereocenters. The van der Waals surface area contributed by atoms with Gasteiger partial charge in [-0.1, -0.05) is 13.0 Å². The molecular formula is C16H22O. The molecule has 1 nitrogen and oxygen atoms in total. The van der Waals surface area contributed by atoms with E-state index in [1.807, 2.05) is 0 Å². The number of Topliss-reactive ketones (excluding diaryl/α,β-unsaturated/α-hetero) is 1. The summed E-state index contributed by atoms with van der Waals surface area (Å²) in [6.45, 7) is 10.4. The second-order valence-electron chi connectivity index (χ2n) is 5.63. The fraction of sp³-hybridized carbons (Fsp3) is 0.562. The monoisotopic (exact) mass is 230 g/mol. The fourth-order valence-electron chi connectivity index (χ4n) is 2.62. The molecule has 1 fully saturated rings. The molecule has 0 heterocycles. The van der Waals surface area contributed by atoms with Crippen LogP contribution in [0.4, 0.5) is 0 Å². The van der Waals surface area contributed by atoms with E-state index in [0.29, 0.717) is 11.7 Å². The molecule has 2 rings (SSSR count). The van der Waals surface area contributed by atoms with Gasteiger partial charge in [-0.3, -0.25) is 4.79 Å². The predicted molar refractivity (Wildman–Crippen MR) is 71.6 cm³/mol. The van der Waals surface area contributed by atoms with E-state index >= 15 is 0 Å². The largest absolute Gasteiger partial charge is 0.294 e. The summed E-state index contributed by atoms with van der Waals surface area (Å²) in [5.74, 6) is 1.20. The van der Waals surface area contributed by atoms with Crippen molar-refractivity contribution in [2.24, 2.45) is 11.8 Å². The van der Waals surface area contributed by atoms with Crippen molar-refractivity contribution in [2.75, 3.05) is 0 Å². The highest BCUT2D eigenvalue weighted by Gasteiger charge is 2.34. The van der Waals surface area contributed by atoms with Crippen LogP contribution in [0.3, 0.4) is 0 Å². The van der Waals surface area contributed by atoms with Crippen molar-refractivity contribution in [1.29, 1.82) is 0 Å². The standard InChI is InChI=1S/C16H22O/c1-9-8-10(2)12(4)15(11(9)3)16(17)13(5)14-6-7-14/h8,13-14H,6-7H2,1-5H3. The van der Waals surface area contributed by atoms with E-state index in [1.54, 1.807) is 0 Å². The van der Waals surface area contributed by atoms with Crippen LogP contribution >= 0.6 is 0 Å². The summed E-state index contributed by atoms with van der Waals surface area (Å²) < 4.78 is 0. The average Bonchev–Trinajstić information content (AvgIpc) is 3.09. The molecule has 0 spiro atoms. The Balaban J connectivity index is 2.46. The average molecular weight is 230 g/mol. The smallest absolute Gasteiger partial charge is 0.166 e. The van der Waals surface area contributed by atoms with Crippen LogP contribution in [0.5, 0.6) is 0 Å². The van der Waals surface area contributed by atoms with Crippen LogP contribution in [-0.4, -0.2) is 5.78 Å². The maximum atomic E-state index is 12.6. The third-order valence-electron chi connectivity index (χ3n) is 4.36. The van der Waals surface area contributed by atoms with E-state index in [1.165, 1.54) is 35.1 Å². The Morgan fingerprint density at radius 1 is 1.12 bits per heavy atom. The second-order valence-corrected chi connectivity index (χ2v) is 5.63. The van der Waals surface area contributed by atoms with Crippen LogP contribution in [0, 0.1) is 39.5 Å². The van der Waals surface area contributed by atoms with Crippen molar-refractivity contribution < 1.29 is 4.79 Å². The first kappa shape index (κ1) is 12.3. The van der Waals surface area contributed by atoms with Crippen LogP contribution in [0.1, 0.15) is 52.4 Å². The molecule has 1 unspecified atom stereocenters. The van der Waals surface area contributed by atoms with E-state index in [2.05, 4.69) is 40.7 Å². The van der Waals surface area contributed by atoms with Gasteiger partial charge in [0.1, 0.15) is 0 Å². The number of hydrogen-bond acceptors (Lipinski definition) is 1. The first-order chi connectivity index (χ1) is 7.93. The molecule has 1 heteroatoms. The van der Waals surface area contributed by atoms with Gasteiger partial charge in [-0.25, -0.2) is 0 Å². The first-order valence-electron chi connectivity index (χ1n) is 6.55. The van der Waals surface area contributed by atoms with Gasteiger partial charge in [-0.05, 0) is 68.7 Å². The number of hydrogen-bond donors (Lipinski definition) is 0. The molecule has 0 aromatic heterocycles. The van der Waals surface area contributed by atoms with Gasteiger partial charge in [0, 0.05) is 11.5 Å². The Morgan fingerprint density at radius 3 is 2.00 bits per heavy atom. The highest BCUT2D eigenvalue weighted by molar-refractivity contribution is 6.01. The van der Waals surface area contributed by atoms with E-state index in [-0.39, 0.29) is 5.92 Å². The second kappa shape index (κ2) is 4.29. The third kappa shape index (κ3) is 2.15. The van der Waals surface area contributed by atoms with Gasteiger partial charge in [0.15, 0.2) is 5.78 Å². The van der Waals surface area contributed by atoms with Crippen LogP contribution in [0.2, 0.25) is 0 Å². The first-order valence-corrected chi connectivity index (χ1v) is 6.55. The number of aryl methyl sites for hydroxylation is 2. The molecule has 92 valence electrons. The van der Waals surface area contributed by atoms with Crippen LogP contribution in [-0.2, 0) is 0 Å². The summed E-state index contributed by atoms with van der Waals surface area (Å²) in [4.78, 5) is 12.6. The van der Waals surface area contributed by atoms with Crippen molar-refractivity contribution in [1.82, 2.24) is 0 Å². The SMILES string of the molecule is Cc1cc(C)c(C)c(C(=O)C(C)C2CC2)c1C. The van der Waals surface area contributed by atoms with E-state index in [4.69, 9.17) is 0 Å². The molecule has 0 radical (unpaired) electrons. The lowest BCUT2D eigenvalue weighted by Crippen LogP contribution is -2.17. The van der Waals surface area contributed by atoms with Gasteiger partial charge in [0.2, 0.25) is 0 Å². The molecule has 1 aromatic carbocycles. The van der Waals surface area contributed by atoms with Crippen molar-refractivity contribution in [3.05, 3.63) is 33.9 Å². The Kier molecular flexibility index (Phi) is 3.11. The van der Waals surface area contributed by atoms with Crippen LogP contribution < -0.4 is 0 Å². The molecule has 0 N–H and O–H groups in total. The zero-order valence-corrected chi connectivity index (χ0v) is 11.6. The molecule has 0 bridgehead atoms. The van der Waals surface area contributed by atoms with Crippen LogP contribution in [0.15, 0.2) is 6.07 Å². The van der Waals surface area contributed by atoms with E-state index in [9.17, 15) is 4.79 Å².